The van der Waals surface area contributed by atoms with Crippen molar-refractivity contribution in [2.75, 3.05) is 32.1 Å². The van der Waals surface area contributed by atoms with Crippen LogP contribution in [0.15, 0.2) is 47.0 Å². The predicted octanol–water partition coefficient (Wildman–Crippen LogP) is 8.06. The van der Waals surface area contributed by atoms with Gasteiger partial charge in [-0.15, -0.1) is 0 Å². The van der Waals surface area contributed by atoms with E-state index in [-0.39, 0.29) is 49.6 Å². The SMILES string of the molecule is CCOC(=O)C(C=Nc1cc(NCc2ccc(OC)cc2CC)c(F)cc1CO)=C(O)c1cc(F)c(OC2CCN(C(=O)OC(C)(C)C)C2)c(Cl)c1F. The number of carbonyl (C=O) groups excluding carboxylic acids is 2. The van der Waals surface area contributed by atoms with Gasteiger partial charge in [-0.1, -0.05) is 24.6 Å². The maximum absolute atomic E-state index is 15.7. The van der Waals surface area contributed by atoms with E-state index in [1.165, 1.54) is 17.9 Å². The average Bonchev–Trinajstić information content (AvgIpc) is 3.59. The van der Waals surface area contributed by atoms with Gasteiger partial charge in [0.25, 0.3) is 0 Å². The van der Waals surface area contributed by atoms with Gasteiger partial charge in [-0.2, -0.15) is 0 Å². The number of aliphatic hydroxyl groups is 2. The van der Waals surface area contributed by atoms with E-state index in [9.17, 15) is 19.8 Å². The highest BCUT2D eigenvalue weighted by atomic mass is 35.5. The van der Waals surface area contributed by atoms with Crippen molar-refractivity contribution in [3.63, 3.8) is 0 Å². The van der Waals surface area contributed by atoms with Gasteiger partial charge in [0.1, 0.15) is 39.6 Å². The number of aliphatic hydroxyl groups excluding tert-OH is 2. The fraction of sp³-hybridized carbons (Fsp3) is 0.395. The first kappa shape index (κ1) is 40.8. The zero-order chi connectivity index (χ0) is 39.0. The van der Waals surface area contributed by atoms with Crippen molar-refractivity contribution in [1.29, 1.82) is 0 Å². The summed E-state index contributed by atoms with van der Waals surface area (Å²) in [6.07, 6.45) is 0.486. The normalized spacial score (nSPS) is 15.0. The molecule has 11 nitrogen and oxygen atoms in total. The number of amides is 1. The first-order valence-corrected chi connectivity index (χ1v) is 17.3. The van der Waals surface area contributed by atoms with Gasteiger partial charge in [0, 0.05) is 31.3 Å². The largest absolute Gasteiger partial charge is 0.506 e. The zero-order valence-corrected chi connectivity index (χ0v) is 31.1. The molecule has 0 aliphatic carbocycles. The van der Waals surface area contributed by atoms with Crippen LogP contribution in [-0.4, -0.2) is 71.9 Å². The Balaban J connectivity index is 1.64. The molecular weight excluding hydrogens is 719 g/mol. The molecule has 1 aliphatic heterocycles. The lowest BCUT2D eigenvalue weighted by Gasteiger charge is -2.24. The summed E-state index contributed by atoms with van der Waals surface area (Å²) in [5, 5.41) is 23.3. The molecule has 0 spiro atoms. The van der Waals surface area contributed by atoms with Crippen LogP contribution in [0.2, 0.25) is 5.02 Å². The van der Waals surface area contributed by atoms with Crippen LogP contribution in [0.25, 0.3) is 5.76 Å². The monoisotopic (exact) mass is 761 g/mol. The number of aliphatic imine (C=N–C) groups is 1. The van der Waals surface area contributed by atoms with Crippen molar-refractivity contribution < 1.29 is 51.9 Å². The average molecular weight is 762 g/mol. The maximum atomic E-state index is 15.7. The number of hydrogen-bond donors (Lipinski definition) is 3. The number of nitrogens with one attached hydrogen (secondary N) is 1. The smallest absolute Gasteiger partial charge is 0.410 e. The number of methoxy groups -OCH3 is 1. The summed E-state index contributed by atoms with van der Waals surface area (Å²) in [4.78, 5) is 31.0. The molecule has 1 saturated heterocycles. The first-order chi connectivity index (χ1) is 25.1. The fourth-order valence-electron chi connectivity index (χ4n) is 5.45. The van der Waals surface area contributed by atoms with Crippen molar-refractivity contribution in [2.45, 2.75) is 72.3 Å². The Hall–Kier alpha value is -4.95. The molecule has 1 amide bonds. The van der Waals surface area contributed by atoms with Crippen molar-refractivity contribution in [2.24, 2.45) is 4.99 Å². The van der Waals surface area contributed by atoms with Crippen molar-refractivity contribution in [3.8, 4) is 11.5 Å². The van der Waals surface area contributed by atoms with E-state index in [0.29, 0.717) is 18.2 Å². The number of halogens is 4. The number of rotatable bonds is 13. The Labute approximate surface area is 311 Å². The van der Waals surface area contributed by atoms with Gasteiger partial charge < -0.3 is 39.4 Å². The van der Waals surface area contributed by atoms with E-state index in [4.69, 9.17) is 30.5 Å². The van der Waals surface area contributed by atoms with Gasteiger partial charge in [-0.25, -0.2) is 22.8 Å². The lowest BCUT2D eigenvalue weighted by Crippen LogP contribution is -2.36. The van der Waals surface area contributed by atoms with Crippen molar-refractivity contribution >= 4 is 47.0 Å². The van der Waals surface area contributed by atoms with Crippen LogP contribution in [0.1, 0.15) is 63.3 Å². The molecule has 1 unspecified atom stereocenters. The summed E-state index contributed by atoms with van der Waals surface area (Å²) >= 11 is 6.21. The minimum atomic E-state index is -1.31. The third-order valence-corrected chi connectivity index (χ3v) is 8.48. The van der Waals surface area contributed by atoms with E-state index in [1.54, 1.807) is 33.9 Å². The summed E-state index contributed by atoms with van der Waals surface area (Å²) in [5.74, 6) is -5.33. The number of ether oxygens (including phenoxy) is 4. The van der Waals surface area contributed by atoms with Gasteiger partial charge in [-0.05, 0) is 75.6 Å². The summed E-state index contributed by atoms with van der Waals surface area (Å²) in [6.45, 7) is 8.34. The fourth-order valence-corrected chi connectivity index (χ4v) is 5.68. The van der Waals surface area contributed by atoms with Gasteiger partial charge in [0.05, 0.1) is 43.8 Å². The summed E-state index contributed by atoms with van der Waals surface area (Å²) in [7, 11) is 1.56. The highest BCUT2D eigenvalue weighted by Crippen LogP contribution is 2.37. The number of likely N-dealkylation sites (tertiary alicyclic amines) is 1. The molecule has 1 atom stereocenters. The number of aryl methyl sites for hydroxylation is 1. The second-order valence-corrected chi connectivity index (χ2v) is 13.4. The van der Waals surface area contributed by atoms with Gasteiger partial charge in [-0.3, -0.25) is 4.99 Å². The molecule has 1 aliphatic rings. The molecule has 15 heteroatoms. The van der Waals surface area contributed by atoms with Crippen LogP contribution in [0.3, 0.4) is 0 Å². The molecular formula is C38H43ClF3N3O8. The topological polar surface area (TPSA) is 139 Å². The van der Waals surface area contributed by atoms with Crippen LogP contribution in [0.5, 0.6) is 11.5 Å². The van der Waals surface area contributed by atoms with Crippen LogP contribution in [-0.2, 0) is 33.8 Å². The molecule has 286 valence electrons. The predicted molar refractivity (Wildman–Crippen MR) is 195 cm³/mol. The zero-order valence-electron chi connectivity index (χ0n) is 30.3. The van der Waals surface area contributed by atoms with E-state index < -0.39 is 75.5 Å². The Morgan fingerprint density at radius 3 is 2.45 bits per heavy atom. The number of benzene rings is 3. The number of nitrogens with zero attached hydrogens (tertiary/aromatic N) is 2. The molecule has 3 aromatic carbocycles. The molecule has 3 N–H and O–H groups in total. The standard InChI is InChI=1S/C38H43ClF3N3O8/c1-7-21-13-24(50-6)10-9-22(21)17-43-31-16-30(23(20-46)14-28(31)40)44-18-27(36(48)51-8-2)34(47)26-15-29(41)35(32(39)33(26)42)52-25-11-12-45(19-25)37(49)53-38(3,4)5/h9-10,13-16,18,25,43,46-47H,7-8,11-12,17,19-20H2,1-6H3. The van der Waals surface area contributed by atoms with Crippen molar-refractivity contribution in [1.82, 2.24) is 4.90 Å². The highest BCUT2D eigenvalue weighted by Gasteiger charge is 2.33. The molecule has 0 radical (unpaired) electrons. The molecule has 0 saturated carbocycles. The summed E-state index contributed by atoms with van der Waals surface area (Å²) < 4.78 is 67.6. The number of hydrogen-bond acceptors (Lipinski definition) is 10. The summed E-state index contributed by atoms with van der Waals surface area (Å²) in [5.41, 5.74) is -0.300. The van der Waals surface area contributed by atoms with Gasteiger partial charge in [0.15, 0.2) is 17.4 Å². The van der Waals surface area contributed by atoms with E-state index in [1.807, 2.05) is 19.1 Å². The van der Waals surface area contributed by atoms with Crippen LogP contribution >= 0.6 is 11.6 Å². The quantitative estimate of drug-likeness (QED) is 0.0519. The summed E-state index contributed by atoms with van der Waals surface area (Å²) in [6, 6.07) is 8.47. The third kappa shape index (κ3) is 10.1. The van der Waals surface area contributed by atoms with Crippen LogP contribution < -0.4 is 14.8 Å². The van der Waals surface area contributed by atoms with Gasteiger partial charge >= 0.3 is 12.1 Å². The van der Waals surface area contributed by atoms with Crippen LogP contribution in [0, 0.1) is 17.5 Å². The van der Waals surface area contributed by atoms with Crippen molar-refractivity contribution in [3.05, 3.63) is 86.7 Å². The molecule has 53 heavy (non-hydrogen) atoms. The molecule has 1 heterocycles. The number of anilines is 1. The second kappa shape index (κ2) is 17.7. The minimum absolute atomic E-state index is 0.00173. The minimum Gasteiger partial charge on any atom is -0.506 e. The molecule has 0 aromatic heterocycles. The Morgan fingerprint density at radius 1 is 1.08 bits per heavy atom. The highest BCUT2D eigenvalue weighted by molar-refractivity contribution is 6.32. The third-order valence-electron chi connectivity index (χ3n) is 8.14. The molecule has 1 fully saturated rings. The number of esters is 1. The van der Waals surface area contributed by atoms with Gasteiger partial charge in [0.2, 0.25) is 0 Å². The Kier molecular flexibility index (Phi) is 13.6. The number of carbonyl (C=O) groups is 2. The second-order valence-electron chi connectivity index (χ2n) is 13.0. The van der Waals surface area contributed by atoms with E-state index in [2.05, 4.69) is 10.3 Å². The Morgan fingerprint density at radius 2 is 1.81 bits per heavy atom. The lowest BCUT2D eigenvalue weighted by atomic mass is 10.0. The Bertz CT molecular complexity index is 1900. The first-order valence-electron chi connectivity index (χ1n) is 16.9. The molecule has 3 aromatic rings. The lowest BCUT2D eigenvalue weighted by molar-refractivity contribution is -0.137. The van der Waals surface area contributed by atoms with E-state index >= 15 is 13.2 Å². The molecule has 4 rings (SSSR count). The maximum Gasteiger partial charge on any atom is 0.410 e. The van der Waals surface area contributed by atoms with E-state index in [0.717, 1.165) is 23.4 Å². The van der Waals surface area contributed by atoms with Crippen LogP contribution in [0.4, 0.5) is 29.3 Å². The molecule has 0 bridgehead atoms.